The second kappa shape index (κ2) is 6.27. The SMILES string of the molecule is COC(=O)[C@@H](C)Sc1nc2cc(S(=O)(=O)N(C)C)ccc2o1. The molecule has 0 spiro atoms. The predicted octanol–water partition coefficient (Wildman–Crippen LogP) is 1.73. The van der Waals surface area contributed by atoms with Gasteiger partial charge in [0, 0.05) is 14.1 Å². The number of fused-ring (bicyclic) bond motifs is 1. The van der Waals surface area contributed by atoms with Crippen molar-refractivity contribution in [3.05, 3.63) is 18.2 Å². The van der Waals surface area contributed by atoms with E-state index in [1.54, 1.807) is 13.0 Å². The van der Waals surface area contributed by atoms with Gasteiger partial charge in [0.2, 0.25) is 10.0 Å². The number of sulfonamides is 1. The zero-order chi connectivity index (χ0) is 16.5. The van der Waals surface area contributed by atoms with Crippen LogP contribution in [0.15, 0.2) is 32.7 Å². The van der Waals surface area contributed by atoms with Gasteiger partial charge < -0.3 is 9.15 Å². The Morgan fingerprint density at radius 2 is 2.09 bits per heavy atom. The van der Waals surface area contributed by atoms with E-state index in [9.17, 15) is 13.2 Å². The second-order valence-electron chi connectivity index (χ2n) is 4.68. The third-order valence-electron chi connectivity index (χ3n) is 2.93. The highest BCUT2D eigenvalue weighted by atomic mass is 32.2. The number of ether oxygens (including phenoxy) is 1. The second-order valence-corrected chi connectivity index (χ2v) is 8.12. The van der Waals surface area contributed by atoms with Crippen molar-refractivity contribution in [1.29, 1.82) is 0 Å². The van der Waals surface area contributed by atoms with E-state index in [2.05, 4.69) is 9.72 Å². The molecule has 22 heavy (non-hydrogen) atoms. The van der Waals surface area contributed by atoms with Crippen LogP contribution in [0.1, 0.15) is 6.92 Å². The molecule has 1 aromatic heterocycles. The van der Waals surface area contributed by atoms with E-state index in [0.29, 0.717) is 11.1 Å². The Hall–Kier alpha value is -1.58. The van der Waals surface area contributed by atoms with Gasteiger partial charge >= 0.3 is 5.97 Å². The number of esters is 1. The fourth-order valence-corrected chi connectivity index (χ4v) is 3.38. The molecule has 120 valence electrons. The van der Waals surface area contributed by atoms with Crippen molar-refractivity contribution in [2.75, 3.05) is 21.2 Å². The van der Waals surface area contributed by atoms with E-state index < -0.39 is 15.3 Å². The number of benzene rings is 1. The molecule has 0 bridgehead atoms. The van der Waals surface area contributed by atoms with Crippen molar-refractivity contribution >= 4 is 38.9 Å². The molecular formula is C13H16N2O5S2. The molecular weight excluding hydrogens is 328 g/mol. The summed E-state index contributed by atoms with van der Waals surface area (Å²) in [6.45, 7) is 1.67. The predicted molar refractivity (Wildman–Crippen MR) is 82.2 cm³/mol. The fourth-order valence-electron chi connectivity index (χ4n) is 1.67. The van der Waals surface area contributed by atoms with Gasteiger partial charge in [-0.3, -0.25) is 4.79 Å². The molecule has 0 fully saturated rings. The fraction of sp³-hybridized carbons (Fsp3) is 0.385. The standard InChI is InChI=1S/C13H16N2O5S2/c1-8(12(16)19-4)21-13-14-10-7-9(5-6-11(10)20-13)22(17,18)15(2)3/h5-8H,1-4H3/t8-/m1/s1. The molecule has 2 rings (SSSR count). The van der Waals surface area contributed by atoms with Crippen LogP contribution in [-0.2, 0) is 19.6 Å². The lowest BCUT2D eigenvalue weighted by molar-refractivity contribution is -0.139. The summed E-state index contributed by atoms with van der Waals surface area (Å²) in [5.74, 6) is -0.386. The number of thioether (sulfide) groups is 1. The molecule has 0 aliphatic carbocycles. The van der Waals surface area contributed by atoms with Gasteiger partial charge in [0.15, 0.2) is 5.58 Å². The summed E-state index contributed by atoms with van der Waals surface area (Å²) in [4.78, 5) is 15.7. The minimum atomic E-state index is -3.53. The summed E-state index contributed by atoms with van der Waals surface area (Å²) in [7, 11) is 0.701. The van der Waals surface area contributed by atoms with Crippen molar-refractivity contribution in [2.24, 2.45) is 0 Å². The molecule has 0 radical (unpaired) electrons. The lowest BCUT2D eigenvalue weighted by atomic mass is 10.3. The number of carbonyl (C=O) groups is 1. The van der Waals surface area contributed by atoms with Crippen LogP contribution in [0, 0.1) is 0 Å². The first-order chi connectivity index (χ1) is 10.3. The molecule has 0 aliphatic rings. The maximum absolute atomic E-state index is 12.1. The van der Waals surface area contributed by atoms with Gasteiger partial charge in [0.25, 0.3) is 5.22 Å². The Kier molecular flexibility index (Phi) is 4.78. The van der Waals surface area contributed by atoms with Crippen molar-refractivity contribution in [1.82, 2.24) is 9.29 Å². The van der Waals surface area contributed by atoms with Crippen LogP contribution in [0.3, 0.4) is 0 Å². The summed E-state index contributed by atoms with van der Waals surface area (Å²) in [6, 6.07) is 4.45. The van der Waals surface area contributed by atoms with Crippen LogP contribution in [-0.4, -0.2) is 50.1 Å². The summed E-state index contributed by atoms with van der Waals surface area (Å²) < 4.78 is 35.4. The van der Waals surface area contributed by atoms with Gasteiger partial charge in [-0.05, 0) is 25.1 Å². The molecule has 7 nitrogen and oxygen atoms in total. The molecule has 0 unspecified atom stereocenters. The molecule has 0 amide bonds. The largest absolute Gasteiger partial charge is 0.468 e. The number of oxazole rings is 1. The van der Waals surface area contributed by atoms with Crippen molar-refractivity contribution in [3.8, 4) is 0 Å². The van der Waals surface area contributed by atoms with Gasteiger partial charge in [-0.25, -0.2) is 17.7 Å². The average molecular weight is 344 g/mol. The Morgan fingerprint density at radius 1 is 1.41 bits per heavy atom. The molecule has 0 N–H and O–H groups in total. The summed E-state index contributed by atoms with van der Waals surface area (Å²) >= 11 is 1.11. The van der Waals surface area contributed by atoms with Crippen LogP contribution in [0.2, 0.25) is 0 Å². The molecule has 2 aromatic rings. The van der Waals surface area contributed by atoms with Gasteiger partial charge in [-0.2, -0.15) is 0 Å². The quantitative estimate of drug-likeness (QED) is 0.603. The molecule has 0 aliphatic heterocycles. The summed E-state index contributed by atoms with van der Waals surface area (Å²) in [6.07, 6.45) is 0. The first-order valence-electron chi connectivity index (χ1n) is 6.33. The summed E-state index contributed by atoms with van der Waals surface area (Å²) in [5.41, 5.74) is 0.875. The highest BCUT2D eigenvalue weighted by molar-refractivity contribution is 8.00. The molecule has 1 heterocycles. The third kappa shape index (κ3) is 3.26. The van der Waals surface area contributed by atoms with Gasteiger partial charge in [0.1, 0.15) is 10.8 Å². The van der Waals surface area contributed by atoms with Crippen LogP contribution in [0.25, 0.3) is 11.1 Å². The van der Waals surface area contributed by atoms with Crippen LogP contribution in [0.5, 0.6) is 0 Å². The highest BCUT2D eigenvalue weighted by Gasteiger charge is 2.21. The topological polar surface area (TPSA) is 89.7 Å². The van der Waals surface area contributed by atoms with Crippen molar-refractivity contribution in [2.45, 2.75) is 22.3 Å². The number of hydrogen-bond acceptors (Lipinski definition) is 7. The maximum Gasteiger partial charge on any atom is 0.319 e. The number of carbonyl (C=O) groups excluding carboxylic acids is 1. The van der Waals surface area contributed by atoms with E-state index in [1.807, 2.05) is 0 Å². The minimum absolute atomic E-state index is 0.135. The van der Waals surface area contributed by atoms with Gasteiger partial charge in [-0.15, -0.1) is 0 Å². The summed E-state index contributed by atoms with van der Waals surface area (Å²) in [5, 5.41) is -0.185. The molecule has 0 saturated carbocycles. The minimum Gasteiger partial charge on any atom is -0.468 e. The Labute approximate surface area is 132 Å². The Morgan fingerprint density at radius 3 is 2.68 bits per heavy atom. The van der Waals surface area contributed by atoms with E-state index >= 15 is 0 Å². The zero-order valence-corrected chi connectivity index (χ0v) is 14.2. The number of nitrogens with zero attached hydrogens (tertiary/aromatic N) is 2. The van der Waals surface area contributed by atoms with Crippen molar-refractivity contribution < 1.29 is 22.4 Å². The first-order valence-corrected chi connectivity index (χ1v) is 8.65. The van der Waals surface area contributed by atoms with Crippen LogP contribution >= 0.6 is 11.8 Å². The lowest BCUT2D eigenvalue weighted by Gasteiger charge is -2.10. The average Bonchev–Trinajstić information content (AvgIpc) is 2.87. The molecule has 0 saturated heterocycles. The lowest BCUT2D eigenvalue weighted by Crippen LogP contribution is -2.22. The molecule has 1 aromatic carbocycles. The van der Waals surface area contributed by atoms with Gasteiger partial charge in [0.05, 0.1) is 12.0 Å². The Bertz CT molecular complexity index is 798. The number of aromatic nitrogens is 1. The number of rotatable bonds is 5. The first kappa shape index (κ1) is 16.8. The number of methoxy groups -OCH3 is 1. The third-order valence-corrected chi connectivity index (χ3v) is 5.66. The molecule has 1 atom stereocenters. The highest BCUT2D eigenvalue weighted by Crippen LogP contribution is 2.28. The number of hydrogen-bond donors (Lipinski definition) is 0. The van der Waals surface area contributed by atoms with Gasteiger partial charge in [-0.1, -0.05) is 11.8 Å². The van der Waals surface area contributed by atoms with Crippen LogP contribution < -0.4 is 0 Å². The van der Waals surface area contributed by atoms with Crippen LogP contribution in [0.4, 0.5) is 0 Å². The maximum atomic E-state index is 12.1. The van der Waals surface area contributed by atoms with E-state index in [1.165, 1.54) is 33.3 Å². The van der Waals surface area contributed by atoms with E-state index in [0.717, 1.165) is 16.1 Å². The zero-order valence-electron chi connectivity index (χ0n) is 12.6. The van der Waals surface area contributed by atoms with Crippen molar-refractivity contribution in [3.63, 3.8) is 0 Å². The normalized spacial score (nSPS) is 13.5. The molecule has 9 heteroatoms. The smallest absolute Gasteiger partial charge is 0.319 e. The van der Waals surface area contributed by atoms with E-state index in [4.69, 9.17) is 4.42 Å². The van der Waals surface area contributed by atoms with E-state index in [-0.39, 0.29) is 16.1 Å². The monoisotopic (exact) mass is 344 g/mol. The Balaban J connectivity index is 2.34.